The van der Waals surface area contributed by atoms with Crippen LogP contribution in [0.2, 0.25) is 0 Å². The Labute approximate surface area is 184 Å². The second-order valence-corrected chi connectivity index (χ2v) is 7.70. The van der Waals surface area contributed by atoms with E-state index in [0.29, 0.717) is 40.6 Å². The number of nitrogen functional groups attached to an aromatic ring is 1. The molecule has 2 bridgehead atoms. The normalized spacial score (nSPS) is 13.3. The van der Waals surface area contributed by atoms with Gasteiger partial charge in [-0.05, 0) is 24.6 Å². The summed E-state index contributed by atoms with van der Waals surface area (Å²) in [5, 5.41) is 14.0. The number of benzene rings is 1. The number of unbranched alkanes of at least 4 members (excludes halogenated alkanes) is 1. The standard InChI is InChI=1S/C22H23FN8O/c1-4-5-8-31-17-9-13(23)6-7-14(17)22(32)29(2)12-18-19(15(10-24)28-30(18)3)16-11-26-20(25)21(31)27-16/h6-7,9,11H,4-5,8,12H2,1-3H3,(H2,25,26). The summed E-state index contributed by atoms with van der Waals surface area (Å²) in [6, 6.07) is 6.15. The van der Waals surface area contributed by atoms with Crippen molar-refractivity contribution in [3.8, 4) is 17.3 Å². The fourth-order valence-electron chi connectivity index (χ4n) is 3.86. The minimum Gasteiger partial charge on any atom is -0.381 e. The summed E-state index contributed by atoms with van der Waals surface area (Å²) in [7, 11) is 3.36. The second-order valence-electron chi connectivity index (χ2n) is 7.70. The Balaban J connectivity index is 2.06. The summed E-state index contributed by atoms with van der Waals surface area (Å²) in [4.78, 5) is 25.7. The van der Waals surface area contributed by atoms with Crippen LogP contribution in [0.15, 0.2) is 24.4 Å². The number of carbonyl (C=O) groups excluding carboxylic acids is 1. The number of aryl methyl sites for hydroxylation is 1. The number of nitrogens with zero attached hydrogens (tertiary/aromatic N) is 7. The number of rotatable bonds is 3. The van der Waals surface area contributed by atoms with Crippen molar-refractivity contribution in [2.24, 2.45) is 7.05 Å². The van der Waals surface area contributed by atoms with Crippen LogP contribution in [0, 0.1) is 17.1 Å². The summed E-state index contributed by atoms with van der Waals surface area (Å²) >= 11 is 0. The monoisotopic (exact) mass is 434 g/mol. The number of halogens is 1. The van der Waals surface area contributed by atoms with E-state index < -0.39 is 5.82 Å². The number of hydrogen-bond donors (Lipinski definition) is 1. The van der Waals surface area contributed by atoms with Crippen LogP contribution in [0.4, 0.5) is 21.7 Å². The Morgan fingerprint density at radius 1 is 1.31 bits per heavy atom. The predicted octanol–water partition coefficient (Wildman–Crippen LogP) is 2.99. The quantitative estimate of drug-likeness (QED) is 0.673. The topological polar surface area (TPSA) is 117 Å². The number of hydrogen-bond acceptors (Lipinski definition) is 7. The van der Waals surface area contributed by atoms with Crippen molar-refractivity contribution >= 4 is 23.2 Å². The molecule has 10 heteroatoms. The van der Waals surface area contributed by atoms with Crippen LogP contribution in [0.3, 0.4) is 0 Å². The van der Waals surface area contributed by atoms with E-state index in [1.54, 1.807) is 23.7 Å². The molecule has 3 heterocycles. The van der Waals surface area contributed by atoms with E-state index in [1.165, 1.54) is 29.3 Å². The summed E-state index contributed by atoms with van der Waals surface area (Å²) in [6.45, 7) is 2.66. The van der Waals surface area contributed by atoms with Gasteiger partial charge in [0.05, 0.1) is 40.9 Å². The van der Waals surface area contributed by atoms with Crippen LogP contribution in [-0.4, -0.2) is 44.1 Å². The van der Waals surface area contributed by atoms with Gasteiger partial charge in [-0.1, -0.05) is 13.3 Å². The van der Waals surface area contributed by atoms with Crippen molar-refractivity contribution < 1.29 is 9.18 Å². The highest BCUT2D eigenvalue weighted by Gasteiger charge is 2.29. The van der Waals surface area contributed by atoms with E-state index in [-0.39, 0.29) is 24.0 Å². The molecule has 2 N–H and O–H groups in total. The molecule has 0 saturated carbocycles. The molecular weight excluding hydrogens is 411 g/mol. The molecule has 4 rings (SSSR count). The number of carbonyl (C=O) groups is 1. The van der Waals surface area contributed by atoms with Gasteiger partial charge >= 0.3 is 0 Å². The molecule has 0 spiro atoms. The SMILES string of the molecule is CCCCN1c2cc(F)ccc2C(=O)N(C)Cc2c(c(C#N)nn2C)-c2cnc(N)c1n2. The lowest BCUT2D eigenvalue weighted by atomic mass is 10.1. The third-order valence-corrected chi connectivity index (χ3v) is 5.51. The summed E-state index contributed by atoms with van der Waals surface area (Å²) in [5.41, 5.74) is 8.62. The fraction of sp³-hybridized carbons (Fsp3) is 0.318. The largest absolute Gasteiger partial charge is 0.381 e. The molecule has 1 aromatic carbocycles. The first-order valence-electron chi connectivity index (χ1n) is 10.3. The lowest BCUT2D eigenvalue weighted by molar-refractivity contribution is 0.0783. The summed E-state index contributed by atoms with van der Waals surface area (Å²) in [5.74, 6) is -0.325. The second kappa shape index (κ2) is 8.26. The molecule has 1 aliphatic rings. The molecule has 0 saturated heterocycles. The van der Waals surface area contributed by atoms with E-state index in [0.717, 1.165) is 12.8 Å². The smallest absolute Gasteiger partial charge is 0.256 e. The van der Waals surface area contributed by atoms with Crippen molar-refractivity contribution in [3.05, 3.63) is 47.2 Å². The van der Waals surface area contributed by atoms with Gasteiger partial charge in [-0.3, -0.25) is 9.48 Å². The Bertz CT molecular complexity index is 1250. The molecule has 2 aromatic heterocycles. The van der Waals surface area contributed by atoms with Crippen molar-refractivity contribution in [1.82, 2.24) is 24.6 Å². The van der Waals surface area contributed by atoms with Gasteiger partial charge < -0.3 is 15.5 Å². The average molecular weight is 434 g/mol. The molecule has 32 heavy (non-hydrogen) atoms. The molecular formula is C22H23FN8O. The van der Waals surface area contributed by atoms with Gasteiger partial charge in [0.1, 0.15) is 11.9 Å². The minimum absolute atomic E-state index is 0.143. The molecule has 0 atom stereocenters. The van der Waals surface area contributed by atoms with Gasteiger partial charge in [0.25, 0.3) is 5.91 Å². The van der Waals surface area contributed by atoms with Crippen LogP contribution in [0.5, 0.6) is 0 Å². The van der Waals surface area contributed by atoms with Crippen LogP contribution in [0.25, 0.3) is 11.3 Å². The molecule has 0 fully saturated rings. The third kappa shape index (κ3) is 3.51. The average Bonchev–Trinajstić information content (AvgIpc) is 3.09. The van der Waals surface area contributed by atoms with E-state index in [9.17, 15) is 14.4 Å². The van der Waals surface area contributed by atoms with Crippen LogP contribution in [-0.2, 0) is 13.6 Å². The minimum atomic E-state index is -0.475. The van der Waals surface area contributed by atoms with E-state index in [2.05, 4.69) is 16.2 Å². The highest BCUT2D eigenvalue weighted by molar-refractivity contribution is 6.01. The van der Waals surface area contributed by atoms with Crippen molar-refractivity contribution in [2.75, 3.05) is 24.2 Å². The first kappa shape index (κ1) is 21.2. The lowest BCUT2D eigenvalue weighted by Crippen LogP contribution is -2.30. The Kier molecular flexibility index (Phi) is 5.48. The van der Waals surface area contributed by atoms with Gasteiger partial charge in [0.15, 0.2) is 17.3 Å². The van der Waals surface area contributed by atoms with Crippen molar-refractivity contribution in [3.63, 3.8) is 0 Å². The predicted molar refractivity (Wildman–Crippen MR) is 117 cm³/mol. The van der Waals surface area contributed by atoms with Gasteiger partial charge in [-0.15, -0.1) is 0 Å². The number of nitrogens with two attached hydrogens (primary N) is 1. The van der Waals surface area contributed by atoms with Crippen LogP contribution in [0.1, 0.15) is 41.5 Å². The molecule has 1 aliphatic heterocycles. The zero-order valence-corrected chi connectivity index (χ0v) is 18.1. The first-order valence-corrected chi connectivity index (χ1v) is 10.3. The zero-order chi connectivity index (χ0) is 23.0. The van der Waals surface area contributed by atoms with Crippen molar-refractivity contribution in [2.45, 2.75) is 26.3 Å². The Morgan fingerprint density at radius 2 is 2.09 bits per heavy atom. The van der Waals surface area contributed by atoms with Gasteiger partial charge in [0, 0.05) is 20.6 Å². The summed E-state index contributed by atoms with van der Waals surface area (Å²) < 4.78 is 15.9. The van der Waals surface area contributed by atoms with Gasteiger partial charge in [-0.25, -0.2) is 14.4 Å². The van der Waals surface area contributed by atoms with Gasteiger partial charge in [0.2, 0.25) is 0 Å². The number of fused-ring (bicyclic) bond motifs is 5. The fourth-order valence-corrected chi connectivity index (χ4v) is 3.86. The maximum Gasteiger partial charge on any atom is 0.256 e. The molecule has 0 radical (unpaired) electrons. The maximum absolute atomic E-state index is 14.3. The molecule has 3 aromatic rings. The van der Waals surface area contributed by atoms with E-state index in [4.69, 9.17) is 10.7 Å². The Hall–Kier alpha value is -4.00. The zero-order valence-electron chi connectivity index (χ0n) is 18.1. The van der Waals surface area contributed by atoms with Crippen molar-refractivity contribution in [1.29, 1.82) is 5.26 Å². The Morgan fingerprint density at radius 3 is 2.81 bits per heavy atom. The number of amides is 1. The third-order valence-electron chi connectivity index (χ3n) is 5.51. The molecule has 0 unspecified atom stereocenters. The lowest BCUT2D eigenvalue weighted by Gasteiger charge is -2.27. The molecule has 9 nitrogen and oxygen atoms in total. The van der Waals surface area contributed by atoms with E-state index in [1.807, 2.05) is 6.92 Å². The maximum atomic E-state index is 14.3. The number of nitriles is 1. The molecule has 0 aliphatic carbocycles. The number of aromatic nitrogens is 4. The molecule has 1 amide bonds. The van der Waals surface area contributed by atoms with E-state index >= 15 is 0 Å². The van der Waals surface area contributed by atoms with Gasteiger partial charge in [-0.2, -0.15) is 10.4 Å². The highest BCUT2D eigenvalue weighted by atomic mass is 19.1. The highest BCUT2D eigenvalue weighted by Crippen LogP contribution is 2.36. The summed E-state index contributed by atoms with van der Waals surface area (Å²) in [6.07, 6.45) is 3.12. The first-order chi connectivity index (χ1) is 15.3. The number of anilines is 3. The van der Waals surface area contributed by atoms with Crippen LogP contribution < -0.4 is 10.6 Å². The van der Waals surface area contributed by atoms with Crippen LogP contribution >= 0.6 is 0 Å². The molecule has 164 valence electrons.